The van der Waals surface area contributed by atoms with Gasteiger partial charge in [0.2, 0.25) is 5.82 Å². The Morgan fingerprint density at radius 3 is 2.88 bits per heavy atom. The van der Waals surface area contributed by atoms with E-state index < -0.39 is 11.6 Å². The lowest BCUT2D eigenvalue weighted by atomic mass is 10.3. The molecule has 0 N–H and O–H groups in total. The molecule has 0 unspecified atom stereocenters. The molecule has 0 fully saturated rings. The van der Waals surface area contributed by atoms with Crippen molar-refractivity contribution in [2.45, 2.75) is 6.42 Å². The molecule has 0 aliphatic heterocycles. The second kappa shape index (κ2) is 4.95. The van der Waals surface area contributed by atoms with Crippen molar-refractivity contribution >= 4 is 0 Å². The summed E-state index contributed by atoms with van der Waals surface area (Å²) in [7, 11) is 1.87. The molecule has 0 amide bonds. The van der Waals surface area contributed by atoms with Crippen LogP contribution in [0.25, 0.3) is 0 Å². The zero-order valence-electron chi connectivity index (χ0n) is 9.36. The lowest BCUT2D eigenvalue weighted by molar-refractivity contribution is 0.295. The molecule has 1 aromatic heterocycles. The van der Waals surface area contributed by atoms with E-state index in [4.69, 9.17) is 4.74 Å². The summed E-state index contributed by atoms with van der Waals surface area (Å²) in [6.07, 6.45) is 4.04. The number of halogens is 2. The van der Waals surface area contributed by atoms with Gasteiger partial charge in [-0.15, -0.1) is 0 Å². The topological polar surface area (TPSA) is 27.1 Å². The largest absolute Gasteiger partial charge is 0.490 e. The van der Waals surface area contributed by atoms with Gasteiger partial charge in [0, 0.05) is 25.9 Å². The Bertz CT molecular complexity index is 511. The third kappa shape index (κ3) is 2.61. The van der Waals surface area contributed by atoms with Crippen LogP contribution in [0.1, 0.15) is 5.82 Å². The number of aryl methyl sites for hydroxylation is 1. The van der Waals surface area contributed by atoms with Gasteiger partial charge in [-0.2, -0.15) is 4.39 Å². The van der Waals surface area contributed by atoms with Gasteiger partial charge in [-0.25, -0.2) is 9.37 Å². The molecule has 17 heavy (non-hydrogen) atoms. The van der Waals surface area contributed by atoms with Crippen LogP contribution in [0.2, 0.25) is 0 Å². The van der Waals surface area contributed by atoms with Crippen LogP contribution in [0, 0.1) is 11.6 Å². The lowest BCUT2D eigenvalue weighted by Crippen LogP contribution is -2.07. The Hall–Kier alpha value is -1.91. The van der Waals surface area contributed by atoms with Gasteiger partial charge in [-0.3, -0.25) is 0 Å². The van der Waals surface area contributed by atoms with Crippen molar-refractivity contribution in [3.63, 3.8) is 0 Å². The van der Waals surface area contributed by atoms with Gasteiger partial charge in [-0.05, 0) is 12.1 Å². The van der Waals surface area contributed by atoms with E-state index in [2.05, 4.69) is 4.98 Å². The van der Waals surface area contributed by atoms with E-state index in [0.717, 1.165) is 11.9 Å². The molecule has 0 aliphatic carbocycles. The molecule has 2 aromatic rings. The van der Waals surface area contributed by atoms with Crippen LogP contribution < -0.4 is 4.74 Å². The van der Waals surface area contributed by atoms with Gasteiger partial charge in [0.25, 0.3) is 0 Å². The average molecular weight is 238 g/mol. The van der Waals surface area contributed by atoms with Crippen molar-refractivity contribution in [3.8, 4) is 5.75 Å². The smallest absolute Gasteiger partial charge is 0.200 e. The molecule has 0 saturated heterocycles. The molecule has 90 valence electrons. The van der Waals surface area contributed by atoms with Crippen molar-refractivity contribution < 1.29 is 13.5 Å². The second-order valence-electron chi connectivity index (χ2n) is 3.60. The van der Waals surface area contributed by atoms with Gasteiger partial charge in [-0.1, -0.05) is 6.07 Å². The highest BCUT2D eigenvalue weighted by atomic mass is 19.2. The van der Waals surface area contributed by atoms with Crippen molar-refractivity contribution in [1.82, 2.24) is 9.55 Å². The third-order valence-corrected chi connectivity index (χ3v) is 2.42. The van der Waals surface area contributed by atoms with Crippen molar-refractivity contribution in [1.29, 1.82) is 0 Å². The fourth-order valence-electron chi connectivity index (χ4n) is 1.49. The quantitative estimate of drug-likeness (QED) is 0.817. The van der Waals surface area contributed by atoms with Crippen LogP contribution in [0.3, 0.4) is 0 Å². The number of hydrogen-bond donors (Lipinski definition) is 0. The molecule has 0 saturated carbocycles. The van der Waals surface area contributed by atoms with Gasteiger partial charge < -0.3 is 9.30 Å². The fourth-order valence-corrected chi connectivity index (χ4v) is 1.49. The number of aromatic nitrogens is 2. The van der Waals surface area contributed by atoms with Gasteiger partial charge >= 0.3 is 0 Å². The van der Waals surface area contributed by atoms with Crippen LogP contribution in [-0.4, -0.2) is 16.2 Å². The highest BCUT2D eigenvalue weighted by Crippen LogP contribution is 2.19. The Balaban J connectivity index is 1.95. The van der Waals surface area contributed by atoms with Gasteiger partial charge in [0.1, 0.15) is 5.82 Å². The lowest BCUT2D eigenvalue weighted by Gasteiger charge is -2.07. The van der Waals surface area contributed by atoms with E-state index in [1.807, 2.05) is 17.8 Å². The summed E-state index contributed by atoms with van der Waals surface area (Å²) in [6, 6.07) is 3.87. The number of benzene rings is 1. The number of ether oxygens (including phenoxy) is 1. The van der Waals surface area contributed by atoms with E-state index in [0.29, 0.717) is 6.42 Å². The van der Waals surface area contributed by atoms with E-state index in [9.17, 15) is 8.78 Å². The summed E-state index contributed by atoms with van der Waals surface area (Å²) in [6.45, 7) is 0.255. The molecule has 0 spiro atoms. The Morgan fingerprint density at radius 2 is 2.18 bits per heavy atom. The highest BCUT2D eigenvalue weighted by molar-refractivity contribution is 5.25. The zero-order chi connectivity index (χ0) is 12.3. The molecule has 0 aliphatic rings. The monoisotopic (exact) mass is 238 g/mol. The van der Waals surface area contributed by atoms with Crippen LogP contribution in [0.5, 0.6) is 5.75 Å². The van der Waals surface area contributed by atoms with Gasteiger partial charge in [0.15, 0.2) is 11.6 Å². The van der Waals surface area contributed by atoms with Crippen molar-refractivity contribution in [2.24, 2.45) is 7.05 Å². The maximum Gasteiger partial charge on any atom is 0.200 e. The van der Waals surface area contributed by atoms with Crippen molar-refractivity contribution in [3.05, 3.63) is 48.1 Å². The first kappa shape index (κ1) is 11.6. The maximum atomic E-state index is 13.2. The SMILES string of the molecule is Cn1ccnc1CCOc1cccc(F)c1F. The number of nitrogens with zero attached hydrogens (tertiary/aromatic N) is 2. The predicted molar refractivity (Wildman–Crippen MR) is 58.8 cm³/mol. The maximum absolute atomic E-state index is 13.2. The molecule has 0 bridgehead atoms. The fraction of sp³-hybridized carbons (Fsp3) is 0.250. The first-order valence-electron chi connectivity index (χ1n) is 5.21. The Kier molecular flexibility index (Phi) is 3.37. The number of hydrogen-bond acceptors (Lipinski definition) is 2. The molecular formula is C12H12F2N2O. The van der Waals surface area contributed by atoms with E-state index >= 15 is 0 Å². The number of imidazole rings is 1. The molecular weight excluding hydrogens is 226 g/mol. The predicted octanol–water partition coefficient (Wildman–Crippen LogP) is 2.32. The highest BCUT2D eigenvalue weighted by Gasteiger charge is 2.08. The summed E-state index contributed by atoms with van der Waals surface area (Å²) < 4.78 is 33.1. The van der Waals surface area contributed by atoms with Crippen LogP contribution in [0.4, 0.5) is 8.78 Å². The molecule has 1 heterocycles. The van der Waals surface area contributed by atoms with Gasteiger partial charge in [0.05, 0.1) is 6.61 Å². The Morgan fingerprint density at radius 1 is 1.35 bits per heavy atom. The average Bonchev–Trinajstić information content (AvgIpc) is 2.71. The van der Waals surface area contributed by atoms with Crippen LogP contribution in [0.15, 0.2) is 30.6 Å². The first-order chi connectivity index (χ1) is 8.18. The van der Waals surface area contributed by atoms with Crippen LogP contribution in [-0.2, 0) is 13.5 Å². The normalized spacial score (nSPS) is 10.5. The third-order valence-electron chi connectivity index (χ3n) is 2.42. The van der Waals surface area contributed by atoms with Crippen LogP contribution >= 0.6 is 0 Å². The summed E-state index contributed by atoms with van der Waals surface area (Å²) in [5.41, 5.74) is 0. The number of rotatable bonds is 4. The molecule has 0 radical (unpaired) electrons. The summed E-state index contributed by atoms with van der Waals surface area (Å²) in [4.78, 5) is 4.10. The zero-order valence-corrected chi connectivity index (χ0v) is 9.36. The Labute approximate surface area is 97.7 Å². The van der Waals surface area contributed by atoms with E-state index in [1.54, 1.807) is 6.20 Å². The summed E-state index contributed by atoms with van der Waals surface area (Å²) >= 11 is 0. The molecule has 0 atom stereocenters. The second-order valence-corrected chi connectivity index (χ2v) is 3.60. The minimum atomic E-state index is -0.952. The first-order valence-corrected chi connectivity index (χ1v) is 5.21. The minimum Gasteiger partial charge on any atom is -0.490 e. The summed E-state index contributed by atoms with van der Waals surface area (Å²) in [5, 5.41) is 0. The minimum absolute atomic E-state index is 0.0702. The standard InChI is InChI=1S/C12H12F2N2O/c1-16-7-6-15-11(16)5-8-17-10-4-2-3-9(13)12(10)14/h2-4,6-7H,5,8H2,1H3. The van der Waals surface area contributed by atoms with E-state index in [1.165, 1.54) is 12.1 Å². The molecule has 3 nitrogen and oxygen atoms in total. The molecule has 5 heteroatoms. The molecule has 2 rings (SSSR count). The van der Waals surface area contributed by atoms with E-state index in [-0.39, 0.29) is 12.4 Å². The molecule has 1 aromatic carbocycles. The van der Waals surface area contributed by atoms with Crippen molar-refractivity contribution in [2.75, 3.05) is 6.61 Å². The summed E-state index contributed by atoms with van der Waals surface area (Å²) in [5.74, 6) is -1.09.